The van der Waals surface area contributed by atoms with Crippen molar-refractivity contribution < 1.29 is 9.53 Å². The average Bonchev–Trinajstić information content (AvgIpc) is 2.01. The number of piperazine rings is 1. The van der Waals surface area contributed by atoms with Gasteiger partial charge in [-0.05, 0) is 0 Å². The number of hydrogen-bond donors (Lipinski definition) is 1. The molecule has 2 aliphatic rings. The molecule has 0 saturated carbocycles. The van der Waals surface area contributed by atoms with Crippen LogP contribution in [0.15, 0.2) is 0 Å². The normalized spacial score (nSPS) is 32.7. The fraction of sp³-hybridized carbons (Fsp3) is 0.857. The summed E-state index contributed by atoms with van der Waals surface area (Å²) in [6.07, 6.45) is 0.671. The van der Waals surface area contributed by atoms with Crippen molar-refractivity contribution in [2.45, 2.75) is 12.6 Å². The molecule has 62 valence electrons. The first-order chi connectivity index (χ1) is 5.36. The van der Waals surface area contributed by atoms with E-state index in [2.05, 4.69) is 10.2 Å². The highest BCUT2D eigenvalue weighted by molar-refractivity contribution is 5.74. The van der Waals surface area contributed by atoms with Gasteiger partial charge in [-0.25, -0.2) is 0 Å². The van der Waals surface area contributed by atoms with Crippen molar-refractivity contribution in [2.24, 2.45) is 0 Å². The van der Waals surface area contributed by atoms with Crippen molar-refractivity contribution in [1.82, 2.24) is 10.2 Å². The van der Waals surface area contributed by atoms with E-state index in [1.54, 1.807) is 0 Å². The van der Waals surface area contributed by atoms with Crippen molar-refractivity contribution in [3.05, 3.63) is 0 Å². The summed E-state index contributed by atoms with van der Waals surface area (Å²) >= 11 is 0. The van der Waals surface area contributed by atoms with Crippen LogP contribution < -0.4 is 5.32 Å². The van der Waals surface area contributed by atoms with Crippen LogP contribution in [0.2, 0.25) is 0 Å². The fourth-order valence-corrected chi connectivity index (χ4v) is 1.46. The highest BCUT2D eigenvalue weighted by Gasteiger charge is 2.34. The van der Waals surface area contributed by atoms with Gasteiger partial charge in [-0.15, -0.1) is 0 Å². The van der Waals surface area contributed by atoms with Gasteiger partial charge in [-0.3, -0.25) is 9.69 Å². The van der Waals surface area contributed by atoms with Gasteiger partial charge < -0.3 is 10.1 Å². The summed E-state index contributed by atoms with van der Waals surface area (Å²) in [5.41, 5.74) is 0. The number of carbonyl (C=O) groups excluding carboxylic acids is 1. The summed E-state index contributed by atoms with van der Waals surface area (Å²) < 4.78 is 4.94. The van der Waals surface area contributed by atoms with E-state index in [9.17, 15) is 4.79 Å². The lowest BCUT2D eigenvalue weighted by atomic mass is 10.2. The summed E-state index contributed by atoms with van der Waals surface area (Å²) in [5, 5.41) is 3.25. The molecule has 4 nitrogen and oxygen atoms in total. The van der Waals surface area contributed by atoms with Gasteiger partial charge in [0.15, 0.2) is 6.23 Å². The largest absolute Gasteiger partial charge is 0.446 e. The van der Waals surface area contributed by atoms with Crippen LogP contribution in [0.3, 0.4) is 0 Å². The third-order valence-electron chi connectivity index (χ3n) is 2.17. The monoisotopic (exact) mass is 156 g/mol. The quantitative estimate of drug-likeness (QED) is 0.503. The zero-order valence-corrected chi connectivity index (χ0v) is 6.38. The van der Waals surface area contributed by atoms with Crippen LogP contribution in [0.1, 0.15) is 6.42 Å². The predicted molar refractivity (Wildman–Crippen MR) is 38.9 cm³/mol. The topological polar surface area (TPSA) is 41.6 Å². The molecule has 2 fully saturated rings. The molecule has 0 radical (unpaired) electrons. The molecular formula is C7H12N2O2. The molecule has 2 saturated heterocycles. The Morgan fingerprint density at radius 2 is 2.09 bits per heavy atom. The van der Waals surface area contributed by atoms with Gasteiger partial charge in [0.25, 0.3) is 0 Å². The molecule has 0 aromatic carbocycles. The second-order valence-corrected chi connectivity index (χ2v) is 2.93. The first-order valence-corrected chi connectivity index (χ1v) is 4.00. The smallest absolute Gasteiger partial charge is 0.312 e. The lowest BCUT2D eigenvalue weighted by Gasteiger charge is -2.38. The van der Waals surface area contributed by atoms with Gasteiger partial charge in [-0.2, -0.15) is 0 Å². The van der Waals surface area contributed by atoms with Crippen LogP contribution in [0.5, 0.6) is 0 Å². The summed E-state index contributed by atoms with van der Waals surface area (Å²) in [5.74, 6) is -0.0615. The molecule has 4 heteroatoms. The Balaban J connectivity index is 1.80. The number of nitrogens with one attached hydrogen (secondary N) is 1. The molecule has 0 spiro atoms. The minimum absolute atomic E-state index is 0.0615. The SMILES string of the molecule is O=C1CC(N2CCNCC2)O1. The van der Waals surface area contributed by atoms with E-state index in [-0.39, 0.29) is 12.2 Å². The number of hydrogen-bond acceptors (Lipinski definition) is 4. The molecular weight excluding hydrogens is 144 g/mol. The van der Waals surface area contributed by atoms with Gasteiger partial charge >= 0.3 is 5.97 Å². The van der Waals surface area contributed by atoms with Crippen LogP contribution in [0, 0.1) is 0 Å². The Morgan fingerprint density at radius 3 is 2.64 bits per heavy atom. The van der Waals surface area contributed by atoms with Gasteiger partial charge in [-0.1, -0.05) is 0 Å². The van der Waals surface area contributed by atoms with Crippen molar-refractivity contribution >= 4 is 5.97 Å². The Hall–Kier alpha value is -0.610. The molecule has 11 heavy (non-hydrogen) atoms. The Bertz CT molecular complexity index is 158. The third kappa shape index (κ3) is 1.36. The molecule has 1 N–H and O–H groups in total. The summed E-state index contributed by atoms with van der Waals surface area (Å²) in [6, 6.07) is 0. The maximum atomic E-state index is 10.5. The summed E-state index contributed by atoms with van der Waals surface area (Å²) in [6.45, 7) is 4.01. The maximum Gasteiger partial charge on any atom is 0.312 e. The molecule has 0 amide bonds. The Kier molecular flexibility index (Phi) is 1.79. The third-order valence-corrected chi connectivity index (χ3v) is 2.17. The van der Waals surface area contributed by atoms with Crippen molar-refractivity contribution in [3.63, 3.8) is 0 Å². The van der Waals surface area contributed by atoms with E-state index in [0.29, 0.717) is 6.42 Å². The molecule has 2 heterocycles. The number of ether oxygens (including phenoxy) is 1. The van der Waals surface area contributed by atoms with Crippen molar-refractivity contribution in [1.29, 1.82) is 0 Å². The van der Waals surface area contributed by atoms with Crippen LogP contribution in [0.4, 0.5) is 0 Å². The lowest BCUT2D eigenvalue weighted by Crippen LogP contribution is -2.54. The minimum atomic E-state index is -0.0615. The van der Waals surface area contributed by atoms with Crippen LogP contribution in [-0.2, 0) is 9.53 Å². The van der Waals surface area contributed by atoms with Gasteiger partial charge in [0, 0.05) is 26.2 Å². The van der Waals surface area contributed by atoms with E-state index in [0.717, 1.165) is 26.2 Å². The molecule has 1 atom stereocenters. The first kappa shape index (κ1) is 7.06. The molecule has 1 unspecified atom stereocenters. The highest BCUT2D eigenvalue weighted by atomic mass is 16.6. The standard InChI is InChI=1S/C7H12N2O2/c10-7-5-6(11-7)9-3-1-8-2-4-9/h6,8H,1-5H2. The highest BCUT2D eigenvalue weighted by Crippen LogP contribution is 2.17. The maximum absolute atomic E-state index is 10.5. The van der Waals surface area contributed by atoms with Crippen LogP contribution in [-0.4, -0.2) is 43.3 Å². The zero-order valence-electron chi connectivity index (χ0n) is 6.38. The first-order valence-electron chi connectivity index (χ1n) is 4.00. The zero-order chi connectivity index (χ0) is 7.68. The van der Waals surface area contributed by atoms with E-state index < -0.39 is 0 Å². The van der Waals surface area contributed by atoms with E-state index in [1.165, 1.54) is 0 Å². The van der Waals surface area contributed by atoms with E-state index >= 15 is 0 Å². The van der Waals surface area contributed by atoms with Crippen molar-refractivity contribution in [2.75, 3.05) is 26.2 Å². The molecule has 0 aromatic heterocycles. The predicted octanol–water partition coefficient (Wildman–Crippen LogP) is -0.835. The van der Waals surface area contributed by atoms with Crippen LogP contribution in [0.25, 0.3) is 0 Å². The Morgan fingerprint density at radius 1 is 1.45 bits per heavy atom. The van der Waals surface area contributed by atoms with E-state index in [4.69, 9.17) is 4.74 Å². The summed E-state index contributed by atoms with van der Waals surface area (Å²) in [4.78, 5) is 12.7. The molecule has 2 aliphatic heterocycles. The number of cyclic esters (lactones) is 1. The second kappa shape index (κ2) is 2.79. The minimum Gasteiger partial charge on any atom is -0.446 e. The number of esters is 1. The number of nitrogens with zero attached hydrogens (tertiary/aromatic N) is 1. The number of carbonyl (C=O) groups is 1. The van der Waals surface area contributed by atoms with Gasteiger partial charge in [0.2, 0.25) is 0 Å². The van der Waals surface area contributed by atoms with E-state index in [1.807, 2.05) is 0 Å². The molecule has 0 aromatic rings. The van der Waals surface area contributed by atoms with Crippen LogP contribution >= 0.6 is 0 Å². The average molecular weight is 156 g/mol. The second-order valence-electron chi connectivity index (χ2n) is 2.93. The molecule has 2 rings (SSSR count). The summed E-state index contributed by atoms with van der Waals surface area (Å²) in [7, 11) is 0. The fourth-order valence-electron chi connectivity index (χ4n) is 1.46. The Labute approximate surface area is 65.5 Å². The van der Waals surface area contributed by atoms with Gasteiger partial charge in [0.1, 0.15) is 0 Å². The number of rotatable bonds is 1. The van der Waals surface area contributed by atoms with Gasteiger partial charge in [0.05, 0.1) is 6.42 Å². The lowest BCUT2D eigenvalue weighted by molar-refractivity contribution is -0.189. The molecule has 0 aliphatic carbocycles. The molecule has 0 bridgehead atoms. The van der Waals surface area contributed by atoms with Crippen molar-refractivity contribution in [3.8, 4) is 0 Å².